The summed E-state index contributed by atoms with van der Waals surface area (Å²) in [4.78, 5) is 23.8. The van der Waals surface area contributed by atoms with Crippen LogP contribution in [0.25, 0.3) is 16.8 Å². The average Bonchev–Trinajstić information content (AvgIpc) is 3.17. The highest BCUT2D eigenvalue weighted by molar-refractivity contribution is 6.26. The minimum Gasteiger partial charge on any atom is -0.374 e. The number of rotatable bonds is 4. The van der Waals surface area contributed by atoms with Crippen LogP contribution in [0.5, 0.6) is 0 Å². The lowest BCUT2D eigenvalue weighted by atomic mass is 9.91. The summed E-state index contributed by atoms with van der Waals surface area (Å²) in [5.41, 5.74) is 4.19. The molecule has 1 unspecified atom stereocenters. The van der Waals surface area contributed by atoms with Crippen LogP contribution in [0, 0.1) is 0 Å². The van der Waals surface area contributed by atoms with Gasteiger partial charge in [0.05, 0.1) is 28.1 Å². The van der Waals surface area contributed by atoms with Gasteiger partial charge in [0, 0.05) is 12.7 Å². The number of nitrogens with zero attached hydrogens (tertiary/aromatic N) is 1. The maximum atomic E-state index is 13.0. The molecule has 4 rings (SSSR count). The summed E-state index contributed by atoms with van der Waals surface area (Å²) in [6, 6.07) is 5.37. The maximum Gasteiger partial charge on any atom is 0.211 e. The van der Waals surface area contributed by atoms with Crippen molar-refractivity contribution in [3.8, 4) is 11.3 Å². The van der Waals surface area contributed by atoms with Crippen LogP contribution in [-0.2, 0) is 9.53 Å². The maximum absolute atomic E-state index is 13.0. The van der Waals surface area contributed by atoms with E-state index >= 15 is 0 Å². The molecule has 0 spiro atoms. The number of nitrogens with one attached hydrogen (secondary N) is 2. The number of amides is 1. The van der Waals surface area contributed by atoms with Crippen molar-refractivity contribution in [1.29, 1.82) is 0 Å². The number of carbonyl (C=O) groups excluding carboxylic acids is 2. The van der Waals surface area contributed by atoms with Gasteiger partial charge in [-0.15, -0.1) is 0 Å². The first-order valence-corrected chi connectivity index (χ1v) is 7.99. The van der Waals surface area contributed by atoms with Crippen LogP contribution in [0.4, 0.5) is 5.69 Å². The molecule has 1 heterocycles. The van der Waals surface area contributed by atoms with Gasteiger partial charge < -0.3 is 10.1 Å². The number of methoxy groups -OCH3 is 1. The summed E-state index contributed by atoms with van der Waals surface area (Å²) in [5.74, 6) is -0.131. The fraction of sp³-hybridized carbons (Fsp3) is 0.211. The van der Waals surface area contributed by atoms with E-state index in [1.54, 1.807) is 19.2 Å². The highest BCUT2D eigenvalue weighted by atomic mass is 16.5. The van der Waals surface area contributed by atoms with E-state index in [4.69, 9.17) is 4.74 Å². The Balaban J connectivity index is 1.78. The highest BCUT2D eigenvalue weighted by Gasteiger charge is 2.35. The number of H-pyrrole nitrogens is 1. The van der Waals surface area contributed by atoms with E-state index in [1.807, 2.05) is 31.2 Å². The Bertz CT molecular complexity index is 955. The van der Waals surface area contributed by atoms with E-state index in [1.165, 1.54) is 0 Å². The molecule has 6 heteroatoms. The number of carbonyl (C=O) groups is 2. The molecule has 2 aliphatic carbocycles. The van der Waals surface area contributed by atoms with Crippen molar-refractivity contribution in [2.45, 2.75) is 18.9 Å². The molecule has 0 bridgehead atoms. The molecule has 2 N–H and O–H groups in total. The molecule has 2 aliphatic rings. The SMILES string of the molecule is COC1(C)C=CC(c2n[nH]c3c2C(=O)c2c(NC=O)cccc2-3)=CC1. The molecule has 0 aliphatic heterocycles. The number of aromatic nitrogens is 2. The third-order valence-electron chi connectivity index (χ3n) is 4.85. The lowest BCUT2D eigenvalue weighted by Crippen LogP contribution is -2.25. The zero-order valence-electron chi connectivity index (χ0n) is 13.9. The number of allylic oxidation sites excluding steroid dienone is 2. The van der Waals surface area contributed by atoms with Gasteiger partial charge in [0.15, 0.2) is 5.78 Å². The van der Waals surface area contributed by atoms with Gasteiger partial charge in [-0.05, 0) is 25.0 Å². The van der Waals surface area contributed by atoms with Gasteiger partial charge in [-0.2, -0.15) is 5.10 Å². The predicted molar refractivity (Wildman–Crippen MR) is 94.3 cm³/mol. The first-order chi connectivity index (χ1) is 12.1. The molecule has 2 aromatic rings. The van der Waals surface area contributed by atoms with Crippen molar-refractivity contribution in [2.24, 2.45) is 0 Å². The number of ether oxygens (including phenoxy) is 1. The van der Waals surface area contributed by atoms with Crippen LogP contribution in [0.3, 0.4) is 0 Å². The topological polar surface area (TPSA) is 84.1 Å². The van der Waals surface area contributed by atoms with Crippen LogP contribution >= 0.6 is 0 Å². The number of anilines is 1. The average molecular weight is 335 g/mol. The van der Waals surface area contributed by atoms with Crippen molar-refractivity contribution in [2.75, 3.05) is 12.4 Å². The first-order valence-electron chi connectivity index (χ1n) is 7.99. The van der Waals surface area contributed by atoms with E-state index in [9.17, 15) is 9.59 Å². The smallest absolute Gasteiger partial charge is 0.211 e. The second kappa shape index (κ2) is 5.53. The van der Waals surface area contributed by atoms with Gasteiger partial charge in [-0.25, -0.2) is 0 Å². The van der Waals surface area contributed by atoms with Crippen LogP contribution < -0.4 is 5.32 Å². The van der Waals surface area contributed by atoms with E-state index < -0.39 is 0 Å². The Morgan fingerprint density at radius 2 is 2.20 bits per heavy atom. The molecule has 1 aromatic carbocycles. The van der Waals surface area contributed by atoms with Gasteiger partial charge in [0.25, 0.3) is 0 Å². The molecule has 1 aromatic heterocycles. The van der Waals surface area contributed by atoms with Gasteiger partial charge in [0.1, 0.15) is 5.69 Å². The first kappa shape index (κ1) is 15.5. The molecule has 0 saturated carbocycles. The molecule has 6 nitrogen and oxygen atoms in total. The summed E-state index contributed by atoms with van der Waals surface area (Å²) in [5, 5.41) is 9.94. The second-order valence-corrected chi connectivity index (χ2v) is 6.36. The predicted octanol–water partition coefficient (Wildman–Crippen LogP) is 2.94. The van der Waals surface area contributed by atoms with Crippen molar-refractivity contribution >= 4 is 23.5 Å². The number of fused-ring (bicyclic) bond motifs is 3. The largest absolute Gasteiger partial charge is 0.374 e. The second-order valence-electron chi connectivity index (χ2n) is 6.36. The molecular formula is C19H17N3O3. The van der Waals surface area contributed by atoms with Crippen molar-refractivity contribution in [1.82, 2.24) is 10.2 Å². The molecule has 0 fully saturated rings. The van der Waals surface area contributed by atoms with Crippen molar-refractivity contribution in [3.63, 3.8) is 0 Å². The molecule has 0 radical (unpaired) electrons. The van der Waals surface area contributed by atoms with Crippen LogP contribution in [0.15, 0.2) is 36.4 Å². The van der Waals surface area contributed by atoms with Gasteiger partial charge in [-0.3, -0.25) is 14.7 Å². The van der Waals surface area contributed by atoms with Gasteiger partial charge in [0.2, 0.25) is 6.41 Å². The van der Waals surface area contributed by atoms with Crippen LogP contribution in [0.2, 0.25) is 0 Å². The highest BCUT2D eigenvalue weighted by Crippen LogP contribution is 2.42. The Morgan fingerprint density at radius 3 is 2.88 bits per heavy atom. The summed E-state index contributed by atoms with van der Waals surface area (Å²) in [6.45, 7) is 2.00. The quantitative estimate of drug-likeness (QED) is 0.718. The van der Waals surface area contributed by atoms with Gasteiger partial charge >= 0.3 is 0 Å². The van der Waals surface area contributed by atoms with E-state index in [0.717, 1.165) is 11.1 Å². The lowest BCUT2D eigenvalue weighted by molar-refractivity contribution is -0.105. The molecule has 126 valence electrons. The number of aromatic amines is 1. The van der Waals surface area contributed by atoms with E-state index in [0.29, 0.717) is 41.0 Å². The molecule has 0 saturated heterocycles. The van der Waals surface area contributed by atoms with Crippen LogP contribution in [-0.4, -0.2) is 35.1 Å². The Kier molecular flexibility index (Phi) is 3.43. The molecular weight excluding hydrogens is 318 g/mol. The zero-order valence-corrected chi connectivity index (χ0v) is 13.9. The van der Waals surface area contributed by atoms with E-state index in [-0.39, 0.29) is 11.4 Å². The molecule has 1 atom stereocenters. The van der Waals surface area contributed by atoms with E-state index in [2.05, 4.69) is 15.5 Å². The lowest BCUT2D eigenvalue weighted by Gasteiger charge is -2.26. The Labute approximate surface area is 144 Å². The Morgan fingerprint density at radius 1 is 1.36 bits per heavy atom. The van der Waals surface area contributed by atoms with Crippen LogP contribution in [0.1, 0.15) is 35.0 Å². The minimum atomic E-state index is -0.336. The van der Waals surface area contributed by atoms with Crippen molar-refractivity contribution in [3.05, 3.63) is 53.2 Å². The summed E-state index contributed by atoms with van der Waals surface area (Å²) < 4.78 is 5.48. The molecule has 25 heavy (non-hydrogen) atoms. The number of benzene rings is 1. The fourth-order valence-electron chi connectivity index (χ4n) is 3.32. The number of hydrogen-bond donors (Lipinski definition) is 2. The molecule has 1 amide bonds. The Hall–Kier alpha value is -2.99. The third-order valence-corrected chi connectivity index (χ3v) is 4.85. The summed E-state index contributed by atoms with van der Waals surface area (Å²) >= 11 is 0. The fourth-order valence-corrected chi connectivity index (χ4v) is 3.32. The normalized spacial score (nSPS) is 20.9. The summed E-state index contributed by atoms with van der Waals surface area (Å²) in [7, 11) is 1.68. The number of ketones is 1. The standard InChI is InChI=1S/C19H17N3O3/c1-19(25-2)8-6-11(7-9-19)16-15-17(22-21-16)12-4-3-5-13(20-10-23)14(12)18(15)24/h3-8,10H,9H2,1-2H3,(H,20,23)(H,21,22). The zero-order chi connectivity index (χ0) is 17.6. The summed E-state index contributed by atoms with van der Waals surface area (Å²) in [6.07, 6.45) is 7.23. The van der Waals surface area contributed by atoms with Crippen molar-refractivity contribution < 1.29 is 14.3 Å². The number of hydrogen-bond acceptors (Lipinski definition) is 4. The third kappa shape index (κ3) is 2.26. The monoisotopic (exact) mass is 335 g/mol. The minimum absolute atomic E-state index is 0.131. The van der Waals surface area contributed by atoms with Gasteiger partial charge in [-0.1, -0.05) is 30.4 Å².